The molecule has 0 aliphatic heterocycles. The van der Waals surface area contributed by atoms with Gasteiger partial charge in [0.05, 0.1) is 0 Å². The van der Waals surface area contributed by atoms with E-state index in [9.17, 15) is 10.0 Å². The number of pyridine rings is 1. The van der Waals surface area contributed by atoms with E-state index in [1.54, 1.807) is 12.1 Å². The van der Waals surface area contributed by atoms with Gasteiger partial charge < -0.3 is 15.4 Å². The first-order valence-electron chi connectivity index (χ1n) is 6.26. The zero-order valence-corrected chi connectivity index (χ0v) is 11.8. The van der Waals surface area contributed by atoms with Crippen LogP contribution in [0.4, 0.5) is 11.4 Å². The van der Waals surface area contributed by atoms with E-state index in [0.717, 1.165) is 11.3 Å². The fourth-order valence-electron chi connectivity index (χ4n) is 1.86. The Labute approximate surface area is 118 Å². The molecule has 0 saturated carbocycles. The number of hydrogen-bond acceptors (Lipinski definition) is 3. The van der Waals surface area contributed by atoms with Crippen molar-refractivity contribution in [1.29, 1.82) is 0 Å². The fraction of sp³-hybridized carbons (Fsp3) is 0.200. The molecule has 20 heavy (non-hydrogen) atoms. The van der Waals surface area contributed by atoms with Crippen LogP contribution < -0.4 is 14.9 Å². The monoisotopic (exact) mass is 271 g/mol. The van der Waals surface area contributed by atoms with Crippen LogP contribution in [0.25, 0.3) is 0 Å². The van der Waals surface area contributed by atoms with Gasteiger partial charge in [0.2, 0.25) is 0 Å². The summed E-state index contributed by atoms with van der Waals surface area (Å²) in [5.41, 5.74) is 2.77. The predicted molar refractivity (Wildman–Crippen MR) is 78.9 cm³/mol. The molecule has 2 rings (SSSR count). The molecule has 0 atom stereocenters. The molecule has 0 fully saturated rings. The molecule has 0 aliphatic carbocycles. The second kappa shape index (κ2) is 5.61. The van der Waals surface area contributed by atoms with Crippen LogP contribution >= 0.6 is 0 Å². The van der Waals surface area contributed by atoms with E-state index in [2.05, 4.69) is 5.32 Å². The van der Waals surface area contributed by atoms with E-state index < -0.39 is 5.91 Å². The Morgan fingerprint density at radius 2 is 2.00 bits per heavy atom. The highest BCUT2D eigenvalue weighted by atomic mass is 16.5. The van der Waals surface area contributed by atoms with Crippen molar-refractivity contribution in [2.24, 2.45) is 0 Å². The highest BCUT2D eigenvalue weighted by molar-refractivity contribution is 6.02. The third kappa shape index (κ3) is 2.88. The van der Waals surface area contributed by atoms with Crippen molar-refractivity contribution in [2.45, 2.75) is 6.92 Å². The largest absolute Gasteiger partial charge is 0.618 e. The molecule has 0 unspecified atom stereocenters. The lowest BCUT2D eigenvalue weighted by molar-refractivity contribution is -0.607. The van der Waals surface area contributed by atoms with Crippen LogP contribution in [0.5, 0.6) is 0 Å². The van der Waals surface area contributed by atoms with Crippen molar-refractivity contribution in [3.05, 3.63) is 59.1 Å². The Bertz CT molecular complexity index is 639. The van der Waals surface area contributed by atoms with Crippen molar-refractivity contribution in [1.82, 2.24) is 0 Å². The van der Waals surface area contributed by atoms with E-state index >= 15 is 0 Å². The molecule has 0 bridgehead atoms. The smallest absolute Gasteiger partial charge is 0.321 e. The van der Waals surface area contributed by atoms with E-state index in [1.165, 1.54) is 12.3 Å². The average molecular weight is 271 g/mol. The van der Waals surface area contributed by atoms with Gasteiger partial charge in [0.15, 0.2) is 6.20 Å². The predicted octanol–water partition coefficient (Wildman–Crippen LogP) is 1.95. The molecular weight excluding hydrogens is 254 g/mol. The maximum absolute atomic E-state index is 12.1. The molecule has 1 N–H and O–H groups in total. The van der Waals surface area contributed by atoms with Gasteiger partial charge in [-0.05, 0) is 36.8 Å². The second-order valence-electron chi connectivity index (χ2n) is 4.76. The number of benzene rings is 1. The van der Waals surface area contributed by atoms with Crippen LogP contribution in [-0.4, -0.2) is 20.0 Å². The minimum atomic E-state index is -0.415. The summed E-state index contributed by atoms with van der Waals surface area (Å²) >= 11 is 0. The molecular formula is C15H17N3O2. The first kappa shape index (κ1) is 13.9. The average Bonchev–Trinajstić information content (AvgIpc) is 2.41. The summed E-state index contributed by atoms with van der Waals surface area (Å²) in [5.74, 6) is -0.415. The Hall–Kier alpha value is -2.56. The molecule has 0 spiro atoms. The summed E-state index contributed by atoms with van der Waals surface area (Å²) < 4.78 is 0.554. The van der Waals surface area contributed by atoms with Crippen LogP contribution in [0.1, 0.15) is 16.1 Å². The highest BCUT2D eigenvalue weighted by Gasteiger charge is 2.15. The number of carbonyl (C=O) groups excluding carboxylic acids is 1. The van der Waals surface area contributed by atoms with Crippen LogP contribution in [0, 0.1) is 12.1 Å². The number of hydrogen-bond donors (Lipinski definition) is 1. The van der Waals surface area contributed by atoms with Crippen molar-refractivity contribution >= 4 is 17.3 Å². The first-order chi connectivity index (χ1) is 9.49. The van der Waals surface area contributed by atoms with Crippen LogP contribution in [0.2, 0.25) is 0 Å². The zero-order valence-electron chi connectivity index (χ0n) is 11.8. The molecule has 104 valence electrons. The number of amides is 1. The summed E-state index contributed by atoms with van der Waals surface area (Å²) in [6.45, 7) is 1.92. The SMILES string of the molecule is Cc1cc(N(C)C)ccc1NC(=O)c1cccc[n+]1[O-]. The van der Waals surface area contributed by atoms with E-state index in [0.29, 0.717) is 10.4 Å². The van der Waals surface area contributed by atoms with Gasteiger partial charge in [-0.15, -0.1) is 0 Å². The number of carbonyl (C=O) groups is 1. The lowest BCUT2D eigenvalue weighted by Crippen LogP contribution is -2.36. The van der Waals surface area contributed by atoms with Crippen LogP contribution in [0.15, 0.2) is 42.6 Å². The van der Waals surface area contributed by atoms with Crippen molar-refractivity contribution in [2.75, 3.05) is 24.3 Å². The number of aryl methyl sites for hydroxylation is 1. The third-order valence-corrected chi connectivity index (χ3v) is 3.03. The molecule has 1 aromatic heterocycles. The van der Waals surface area contributed by atoms with E-state index in [-0.39, 0.29) is 5.69 Å². The Morgan fingerprint density at radius 3 is 2.60 bits per heavy atom. The number of rotatable bonds is 3. The molecule has 0 aliphatic rings. The molecule has 0 radical (unpaired) electrons. The maximum atomic E-state index is 12.1. The molecule has 2 aromatic rings. The zero-order chi connectivity index (χ0) is 14.7. The summed E-state index contributed by atoms with van der Waals surface area (Å²) in [6, 6.07) is 10.5. The Kier molecular flexibility index (Phi) is 3.89. The quantitative estimate of drug-likeness (QED) is 0.685. The highest BCUT2D eigenvalue weighted by Crippen LogP contribution is 2.21. The molecule has 1 amide bonds. The fourth-order valence-corrected chi connectivity index (χ4v) is 1.86. The lowest BCUT2D eigenvalue weighted by atomic mass is 10.1. The van der Waals surface area contributed by atoms with Gasteiger partial charge in [0, 0.05) is 37.6 Å². The van der Waals surface area contributed by atoms with Crippen molar-refractivity contribution < 1.29 is 9.52 Å². The van der Waals surface area contributed by atoms with Gasteiger partial charge >= 0.3 is 5.91 Å². The Morgan fingerprint density at radius 1 is 1.25 bits per heavy atom. The first-order valence-corrected chi connectivity index (χ1v) is 6.26. The number of nitrogens with one attached hydrogen (secondary N) is 1. The molecule has 5 nitrogen and oxygen atoms in total. The third-order valence-electron chi connectivity index (χ3n) is 3.03. The van der Waals surface area contributed by atoms with Gasteiger partial charge in [0.25, 0.3) is 5.69 Å². The van der Waals surface area contributed by atoms with Gasteiger partial charge in [-0.3, -0.25) is 4.79 Å². The normalized spacial score (nSPS) is 10.2. The molecule has 1 aromatic carbocycles. The molecule has 5 heteroatoms. The van der Waals surface area contributed by atoms with E-state index in [1.807, 2.05) is 44.1 Å². The number of anilines is 2. The van der Waals surface area contributed by atoms with Crippen molar-refractivity contribution in [3.8, 4) is 0 Å². The van der Waals surface area contributed by atoms with Crippen molar-refractivity contribution in [3.63, 3.8) is 0 Å². The summed E-state index contributed by atoms with van der Waals surface area (Å²) in [4.78, 5) is 14.1. The topological polar surface area (TPSA) is 59.3 Å². The van der Waals surface area contributed by atoms with Gasteiger partial charge in [-0.1, -0.05) is 0 Å². The molecule has 1 heterocycles. The Balaban J connectivity index is 2.22. The minimum Gasteiger partial charge on any atom is -0.618 e. The summed E-state index contributed by atoms with van der Waals surface area (Å²) in [5, 5.41) is 14.3. The van der Waals surface area contributed by atoms with E-state index in [4.69, 9.17) is 0 Å². The van der Waals surface area contributed by atoms with Gasteiger partial charge in [0.1, 0.15) is 0 Å². The standard InChI is InChI=1S/C15H17N3O2/c1-11-10-12(17(2)3)7-8-13(11)16-15(19)14-6-4-5-9-18(14)20/h4-10H,1-3H3,(H,16,19). The number of nitrogens with zero attached hydrogens (tertiary/aromatic N) is 2. The second-order valence-corrected chi connectivity index (χ2v) is 4.76. The van der Waals surface area contributed by atoms with Crippen LogP contribution in [-0.2, 0) is 0 Å². The van der Waals surface area contributed by atoms with Crippen LogP contribution in [0.3, 0.4) is 0 Å². The number of aromatic nitrogens is 1. The summed E-state index contributed by atoms with van der Waals surface area (Å²) in [7, 11) is 3.91. The van der Waals surface area contributed by atoms with Gasteiger partial charge in [-0.2, -0.15) is 4.73 Å². The summed E-state index contributed by atoms with van der Waals surface area (Å²) in [6.07, 6.45) is 1.30. The lowest BCUT2D eigenvalue weighted by Gasteiger charge is -2.15. The maximum Gasteiger partial charge on any atom is 0.321 e. The minimum absolute atomic E-state index is 0.0728. The van der Waals surface area contributed by atoms with Gasteiger partial charge in [-0.25, -0.2) is 0 Å². The molecule has 0 saturated heterocycles.